The molecule has 0 N–H and O–H groups in total. The predicted octanol–water partition coefficient (Wildman–Crippen LogP) is 19.7. The molecule has 0 amide bonds. The second-order valence-electron chi connectivity index (χ2n) is 19.9. The van der Waals surface area contributed by atoms with Crippen LogP contribution in [0.3, 0.4) is 0 Å². The highest BCUT2D eigenvalue weighted by Crippen LogP contribution is 2.16. The summed E-state index contributed by atoms with van der Waals surface area (Å²) in [6.07, 6.45) is 67.0. The number of hydrogen-bond acceptors (Lipinski definition) is 6. The summed E-state index contributed by atoms with van der Waals surface area (Å²) in [5.41, 5.74) is 0. The molecule has 0 aliphatic heterocycles. The number of rotatable bonds is 54. The molecule has 0 radical (unpaired) electrons. The van der Waals surface area contributed by atoms with Crippen LogP contribution in [0.15, 0.2) is 36.5 Å². The molecule has 0 spiro atoms. The molecule has 0 aromatic rings. The third-order valence-electron chi connectivity index (χ3n) is 13.1. The number of esters is 3. The summed E-state index contributed by atoms with van der Waals surface area (Å²) in [6, 6.07) is 0. The van der Waals surface area contributed by atoms with E-state index in [1.807, 2.05) is 0 Å². The smallest absolute Gasteiger partial charge is 0.306 e. The SMILES string of the molecule is CCCCC/C=C\C/C=C\CCCCCCCCCC(=O)OCC(COC(=O)CCCCCCC/C=C\CCCCCCCC)OC(=O)CCCCCCCCCCCCCCCCCCC. The van der Waals surface area contributed by atoms with Gasteiger partial charge in [-0.05, 0) is 77.0 Å². The summed E-state index contributed by atoms with van der Waals surface area (Å²) in [6.45, 7) is 6.64. The summed E-state index contributed by atoms with van der Waals surface area (Å²) in [7, 11) is 0. The normalized spacial score (nSPS) is 12.2. The van der Waals surface area contributed by atoms with Crippen LogP contribution in [0.4, 0.5) is 0 Å². The second-order valence-corrected chi connectivity index (χ2v) is 19.9. The zero-order chi connectivity index (χ0) is 48.6. The molecule has 0 aromatic heterocycles. The van der Waals surface area contributed by atoms with Crippen molar-refractivity contribution in [2.45, 2.75) is 322 Å². The van der Waals surface area contributed by atoms with Gasteiger partial charge in [0.1, 0.15) is 13.2 Å². The molecular formula is C61H112O6. The lowest BCUT2D eigenvalue weighted by Crippen LogP contribution is -2.30. The molecule has 0 saturated heterocycles. The molecule has 392 valence electrons. The van der Waals surface area contributed by atoms with Crippen molar-refractivity contribution in [2.75, 3.05) is 13.2 Å². The maximum Gasteiger partial charge on any atom is 0.306 e. The van der Waals surface area contributed by atoms with Crippen molar-refractivity contribution in [1.82, 2.24) is 0 Å². The fourth-order valence-corrected chi connectivity index (χ4v) is 8.65. The summed E-state index contributed by atoms with van der Waals surface area (Å²) >= 11 is 0. The highest BCUT2D eigenvalue weighted by atomic mass is 16.6. The Hall–Kier alpha value is -2.37. The van der Waals surface area contributed by atoms with E-state index in [1.54, 1.807) is 0 Å². The number of ether oxygens (including phenoxy) is 3. The van der Waals surface area contributed by atoms with E-state index in [-0.39, 0.29) is 31.1 Å². The molecule has 0 rings (SSSR count). The number of hydrogen-bond donors (Lipinski definition) is 0. The Morgan fingerprint density at radius 3 is 0.866 bits per heavy atom. The van der Waals surface area contributed by atoms with E-state index in [4.69, 9.17) is 14.2 Å². The fourth-order valence-electron chi connectivity index (χ4n) is 8.65. The summed E-state index contributed by atoms with van der Waals surface area (Å²) in [5, 5.41) is 0. The molecule has 0 heterocycles. The first-order chi connectivity index (χ1) is 33.0. The topological polar surface area (TPSA) is 78.9 Å². The van der Waals surface area contributed by atoms with Crippen molar-refractivity contribution in [1.29, 1.82) is 0 Å². The first-order valence-corrected chi connectivity index (χ1v) is 29.5. The monoisotopic (exact) mass is 941 g/mol. The predicted molar refractivity (Wildman–Crippen MR) is 289 cm³/mol. The molecule has 67 heavy (non-hydrogen) atoms. The highest BCUT2D eigenvalue weighted by Gasteiger charge is 2.19. The number of unbranched alkanes of at least 4 members (excludes halogenated alkanes) is 37. The molecule has 0 bridgehead atoms. The van der Waals surface area contributed by atoms with E-state index < -0.39 is 6.10 Å². The van der Waals surface area contributed by atoms with Gasteiger partial charge in [0, 0.05) is 19.3 Å². The third-order valence-corrected chi connectivity index (χ3v) is 13.1. The Kier molecular flexibility index (Phi) is 54.2. The first kappa shape index (κ1) is 64.6. The van der Waals surface area contributed by atoms with Crippen LogP contribution in [0, 0.1) is 0 Å². The second kappa shape index (κ2) is 56.2. The van der Waals surface area contributed by atoms with E-state index >= 15 is 0 Å². The summed E-state index contributed by atoms with van der Waals surface area (Å²) in [5.74, 6) is -0.872. The third kappa shape index (κ3) is 54.4. The van der Waals surface area contributed by atoms with Crippen LogP contribution in [-0.4, -0.2) is 37.2 Å². The Labute approximate surface area is 416 Å². The van der Waals surface area contributed by atoms with Gasteiger partial charge in [0.05, 0.1) is 0 Å². The van der Waals surface area contributed by atoms with E-state index in [1.165, 1.54) is 199 Å². The van der Waals surface area contributed by atoms with Gasteiger partial charge < -0.3 is 14.2 Å². The van der Waals surface area contributed by atoms with Crippen LogP contribution in [-0.2, 0) is 28.6 Å². The van der Waals surface area contributed by atoms with Crippen molar-refractivity contribution < 1.29 is 28.6 Å². The van der Waals surface area contributed by atoms with Crippen molar-refractivity contribution in [3.05, 3.63) is 36.5 Å². The first-order valence-electron chi connectivity index (χ1n) is 29.5. The molecular weight excluding hydrogens is 829 g/mol. The zero-order valence-electron chi connectivity index (χ0n) is 44.9. The van der Waals surface area contributed by atoms with Crippen LogP contribution >= 0.6 is 0 Å². The van der Waals surface area contributed by atoms with E-state index in [9.17, 15) is 14.4 Å². The minimum absolute atomic E-state index is 0.0754. The number of carbonyl (C=O) groups excluding carboxylic acids is 3. The van der Waals surface area contributed by atoms with E-state index in [2.05, 4.69) is 57.2 Å². The minimum Gasteiger partial charge on any atom is -0.462 e. The van der Waals surface area contributed by atoms with Gasteiger partial charge in [-0.1, -0.05) is 256 Å². The van der Waals surface area contributed by atoms with Gasteiger partial charge in [0.2, 0.25) is 0 Å². The molecule has 0 saturated carbocycles. The molecule has 0 fully saturated rings. The zero-order valence-corrected chi connectivity index (χ0v) is 44.9. The molecule has 6 heteroatoms. The average Bonchev–Trinajstić information content (AvgIpc) is 3.33. The highest BCUT2D eigenvalue weighted by molar-refractivity contribution is 5.71. The standard InChI is InChI=1S/C61H112O6/c1-4-7-10-13-16-19-22-25-28-30-33-36-39-42-45-48-51-54-60(63)66-57-58(56-65-59(62)53-50-47-44-41-38-35-32-27-24-21-18-15-12-9-6-3)67-61(64)55-52-49-46-43-40-37-34-31-29-26-23-20-17-14-11-8-5-2/h16,19,25,27-28,32,58H,4-15,17-18,20-24,26,29-31,33-57H2,1-3H3/b19-16-,28-25-,32-27-. The summed E-state index contributed by atoms with van der Waals surface area (Å²) in [4.78, 5) is 38.2. The fraction of sp³-hybridized carbons (Fsp3) is 0.852. The molecule has 1 unspecified atom stereocenters. The molecule has 0 aliphatic rings. The number of carbonyl (C=O) groups is 3. The van der Waals surface area contributed by atoms with Gasteiger partial charge in [-0.25, -0.2) is 0 Å². The van der Waals surface area contributed by atoms with Crippen molar-refractivity contribution >= 4 is 17.9 Å². The van der Waals surface area contributed by atoms with Crippen molar-refractivity contribution in [3.63, 3.8) is 0 Å². The van der Waals surface area contributed by atoms with Crippen LogP contribution in [0.25, 0.3) is 0 Å². The van der Waals surface area contributed by atoms with Gasteiger partial charge in [-0.3, -0.25) is 14.4 Å². The maximum atomic E-state index is 12.9. The quantitative estimate of drug-likeness (QED) is 0.0262. The minimum atomic E-state index is -0.776. The van der Waals surface area contributed by atoms with Gasteiger partial charge in [0.15, 0.2) is 6.10 Å². The van der Waals surface area contributed by atoms with Crippen molar-refractivity contribution in [3.8, 4) is 0 Å². The van der Waals surface area contributed by atoms with Gasteiger partial charge in [-0.15, -0.1) is 0 Å². The molecule has 0 aliphatic carbocycles. The van der Waals surface area contributed by atoms with Gasteiger partial charge in [0.25, 0.3) is 0 Å². The van der Waals surface area contributed by atoms with E-state index in [0.29, 0.717) is 19.3 Å². The van der Waals surface area contributed by atoms with Crippen molar-refractivity contribution in [2.24, 2.45) is 0 Å². The largest absolute Gasteiger partial charge is 0.462 e. The van der Waals surface area contributed by atoms with E-state index in [0.717, 1.165) is 77.0 Å². The Balaban J connectivity index is 4.36. The number of allylic oxidation sites excluding steroid dienone is 6. The van der Waals surface area contributed by atoms with Crippen LogP contribution in [0.2, 0.25) is 0 Å². The molecule has 6 nitrogen and oxygen atoms in total. The Morgan fingerprint density at radius 1 is 0.299 bits per heavy atom. The lowest BCUT2D eigenvalue weighted by Gasteiger charge is -2.18. The average molecular weight is 942 g/mol. The molecule has 0 aromatic carbocycles. The Bertz CT molecular complexity index is 1130. The molecule has 1 atom stereocenters. The van der Waals surface area contributed by atoms with Crippen LogP contribution < -0.4 is 0 Å². The Morgan fingerprint density at radius 2 is 0.537 bits per heavy atom. The van der Waals surface area contributed by atoms with Gasteiger partial charge in [-0.2, -0.15) is 0 Å². The lowest BCUT2D eigenvalue weighted by atomic mass is 10.0. The van der Waals surface area contributed by atoms with Crippen LogP contribution in [0.1, 0.15) is 316 Å². The van der Waals surface area contributed by atoms with Gasteiger partial charge >= 0.3 is 17.9 Å². The lowest BCUT2D eigenvalue weighted by molar-refractivity contribution is -0.167. The maximum absolute atomic E-state index is 12.9. The van der Waals surface area contributed by atoms with Crippen LogP contribution in [0.5, 0.6) is 0 Å². The summed E-state index contributed by atoms with van der Waals surface area (Å²) < 4.78 is 16.9.